The van der Waals surface area contributed by atoms with Gasteiger partial charge in [0.05, 0.1) is 13.5 Å². The van der Waals surface area contributed by atoms with Crippen molar-refractivity contribution < 1.29 is 9.53 Å². The molecule has 0 unspecified atom stereocenters. The normalized spacial score (nSPS) is 10.9. The quantitative estimate of drug-likeness (QED) is 0.426. The van der Waals surface area contributed by atoms with E-state index in [0.29, 0.717) is 11.7 Å². The molecule has 0 saturated carbocycles. The smallest absolute Gasteiger partial charge is 0.233 e. The van der Waals surface area contributed by atoms with Gasteiger partial charge in [0, 0.05) is 17.7 Å². The van der Waals surface area contributed by atoms with Gasteiger partial charge in [-0.05, 0) is 61.6 Å². The lowest BCUT2D eigenvalue weighted by Gasteiger charge is -2.19. The van der Waals surface area contributed by atoms with Crippen LogP contribution in [0.2, 0.25) is 0 Å². The summed E-state index contributed by atoms with van der Waals surface area (Å²) in [4.78, 5) is 15.0. The van der Waals surface area contributed by atoms with Crippen LogP contribution in [0, 0.1) is 13.8 Å². The van der Waals surface area contributed by atoms with E-state index in [-0.39, 0.29) is 12.3 Å². The van der Waals surface area contributed by atoms with E-state index in [1.165, 1.54) is 28.0 Å². The molecule has 0 saturated heterocycles. The van der Waals surface area contributed by atoms with E-state index in [2.05, 4.69) is 50.0 Å². The molecule has 164 valence electrons. The number of carbonyl (C=O) groups is 1. The minimum Gasteiger partial charge on any atom is -0.496 e. The molecule has 0 spiro atoms. The first-order valence-electron chi connectivity index (χ1n) is 10.8. The van der Waals surface area contributed by atoms with Gasteiger partial charge in [0.2, 0.25) is 11.0 Å². The second-order valence-corrected chi connectivity index (χ2v) is 8.68. The second kappa shape index (κ2) is 10.5. The third-order valence-electron chi connectivity index (χ3n) is 5.51. The van der Waals surface area contributed by atoms with Crippen molar-refractivity contribution in [2.75, 3.05) is 18.6 Å². The van der Waals surface area contributed by atoms with Gasteiger partial charge in [-0.2, -0.15) is 0 Å². The van der Waals surface area contributed by atoms with Crippen molar-refractivity contribution in [2.45, 2.75) is 53.4 Å². The molecular weight excluding hydrogens is 406 g/mol. The average Bonchev–Trinajstić information content (AvgIpc) is 3.24. The predicted octanol–water partition coefficient (Wildman–Crippen LogP) is 5.77. The van der Waals surface area contributed by atoms with Crippen LogP contribution in [0.3, 0.4) is 0 Å². The molecule has 0 atom stereocenters. The lowest BCUT2D eigenvalue weighted by atomic mass is 9.98. The van der Waals surface area contributed by atoms with Crippen LogP contribution >= 0.6 is 11.3 Å². The SMILES string of the molecule is CCCCN(C(=O)Cc1ccccc1OC)c1nnc(-c2cc(C)c(CC)c(C)c2)s1. The van der Waals surface area contributed by atoms with Crippen molar-refractivity contribution in [2.24, 2.45) is 0 Å². The summed E-state index contributed by atoms with van der Waals surface area (Å²) in [6.45, 7) is 9.21. The highest BCUT2D eigenvalue weighted by Crippen LogP contribution is 2.32. The maximum atomic E-state index is 13.2. The third-order valence-corrected chi connectivity index (χ3v) is 6.51. The fraction of sp³-hybridized carbons (Fsp3) is 0.400. The van der Waals surface area contributed by atoms with Crippen molar-refractivity contribution in [1.82, 2.24) is 10.2 Å². The van der Waals surface area contributed by atoms with E-state index in [1.54, 1.807) is 12.0 Å². The van der Waals surface area contributed by atoms with Gasteiger partial charge < -0.3 is 4.74 Å². The summed E-state index contributed by atoms with van der Waals surface area (Å²) in [6, 6.07) is 12.0. The topological polar surface area (TPSA) is 55.3 Å². The Morgan fingerprint density at radius 3 is 2.45 bits per heavy atom. The Hall–Kier alpha value is -2.73. The number of benzene rings is 2. The number of ether oxygens (including phenoxy) is 1. The lowest BCUT2D eigenvalue weighted by Crippen LogP contribution is -2.33. The number of aryl methyl sites for hydroxylation is 2. The zero-order valence-electron chi connectivity index (χ0n) is 19.1. The summed E-state index contributed by atoms with van der Waals surface area (Å²) in [6.07, 6.45) is 3.20. The minimum atomic E-state index is 0.00865. The minimum absolute atomic E-state index is 0.00865. The summed E-state index contributed by atoms with van der Waals surface area (Å²) in [7, 11) is 1.63. The summed E-state index contributed by atoms with van der Waals surface area (Å²) in [5, 5.41) is 10.3. The van der Waals surface area contributed by atoms with Crippen LogP contribution in [0.25, 0.3) is 10.6 Å². The van der Waals surface area contributed by atoms with Crippen LogP contribution in [0.5, 0.6) is 5.75 Å². The van der Waals surface area contributed by atoms with Crippen LogP contribution in [0.15, 0.2) is 36.4 Å². The number of methoxy groups -OCH3 is 1. The standard InChI is InChI=1S/C25H31N3O2S/c1-6-8-13-28(23(29)16-19-11-9-10-12-22(19)30-5)25-27-26-24(31-25)20-14-17(3)21(7-2)18(4)15-20/h9-12,14-15H,6-8,13,16H2,1-5H3. The monoisotopic (exact) mass is 437 g/mol. The first-order chi connectivity index (χ1) is 15.0. The molecule has 0 N–H and O–H groups in total. The van der Waals surface area contributed by atoms with Crippen LogP contribution < -0.4 is 9.64 Å². The maximum absolute atomic E-state index is 13.2. The molecule has 0 fully saturated rings. The molecular formula is C25H31N3O2S. The number of hydrogen-bond acceptors (Lipinski definition) is 5. The van der Waals surface area contributed by atoms with Crippen LogP contribution in [0.1, 0.15) is 48.9 Å². The number of nitrogens with zero attached hydrogens (tertiary/aromatic N) is 3. The molecule has 1 aromatic heterocycles. The zero-order valence-corrected chi connectivity index (χ0v) is 19.9. The van der Waals surface area contributed by atoms with E-state index in [1.807, 2.05) is 24.3 Å². The molecule has 0 radical (unpaired) electrons. The van der Waals surface area contributed by atoms with Gasteiger partial charge >= 0.3 is 0 Å². The summed E-state index contributed by atoms with van der Waals surface area (Å²) in [5.41, 5.74) is 5.85. The number of anilines is 1. The summed E-state index contributed by atoms with van der Waals surface area (Å²) >= 11 is 1.48. The Kier molecular flexibility index (Phi) is 7.80. The lowest BCUT2D eigenvalue weighted by molar-refractivity contribution is -0.118. The van der Waals surface area contributed by atoms with Gasteiger partial charge in [-0.25, -0.2) is 0 Å². The van der Waals surface area contributed by atoms with Gasteiger partial charge in [-0.3, -0.25) is 9.69 Å². The fourth-order valence-electron chi connectivity index (χ4n) is 3.87. The molecule has 2 aromatic carbocycles. The van der Waals surface area contributed by atoms with Crippen LogP contribution in [0.4, 0.5) is 5.13 Å². The van der Waals surface area contributed by atoms with E-state index >= 15 is 0 Å². The van der Waals surface area contributed by atoms with Crippen molar-refractivity contribution in [3.05, 3.63) is 58.7 Å². The van der Waals surface area contributed by atoms with E-state index in [9.17, 15) is 4.79 Å². The molecule has 3 aromatic rings. The van der Waals surface area contributed by atoms with E-state index in [4.69, 9.17) is 4.74 Å². The van der Waals surface area contributed by atoms with Crippen molar-refractivity contribution in [3.8, 4) is 16.3 Å². The van der Waals surface area contributed by atoms with Crippen molar-refractivity contribution in [3.63, 3.8) is 0 Å². The zero-order chi connectivity index (χ0) is 22.4. The van der Waals surface area contributed by atoms with Gasteiger partial charge in [0.15, 0.2) is 0 Å². The molecule has 1 amide bonds. The fourth-order valence-corrected chi connectivity index (χ4v) is 4.74. The first-order valence-corrected chi connectivity index (χ1v) is 11.7. The van der Waals surface area contributed by atoms with Crippen molar-refractivity contribution in [1.29, 1.82) is 0 Å². The number of unbranched alkanes of at least 4 members (excludes halogenated alkanes) is 1. The van der Waals surface area contributed by atoms with Crippen molar-refractivity contribution >= 4 is 22.4 Å². The number of rotatable bonds is 9. The largest absolute Gasteiger partial charge is 0.496 e. The van der Waals surface area contributed by atoms with Crippen LogP contribution in [-0.2, 0) is 17.6 Å². The molecule has 0 aliphatic heterocycles. The Labute approximate surface area is 189 Å². The van der Waals surface area contributed by atoms with Gasteiger partial charge in [-0.1, -0.05) is 49.8 Å². The number of hydrogen-bond donors (Lipinski definition) is 0. The molecule has 3 rings (SSSR count). The number of aromatic nitrogens is 2. The highest BCUT2D eigenvalue weighted by atomic mass is 32.1. The Morgan fingerprint density at radius 2 is 1.81 bits per heavy atom. The first kappa shape index (κ1) is 22.9. The Balaban J connectivity index is 1.88. The predicted molar refractivity (Wildman–Crippen MR) is 128 cm³/mol. The van der Waals surface area contributed by atoms with Gasteiger partial charge in [0.25, 0.3) is 0 Å². The van der Waals surface area contributed by atoms with Crippen LogP contribution in [-0.4, -0.2) is 29.8 Å². The molecule has 5 nitrogen and oxygen atoms in total. The molecule has 0 aliphatic rings. The number of amides is 1. The third kappa shape index (κ3) is 5.31. The molecule has 0 aliphatic carbocycles. The molecule has 6 heteroatoms. The maximum Gasteiger partial charge on any atom is 0.233 e. The molecule has 0 bridgehead atoms. The molecule has 31 heavy (non-hydrogen) atoms. The highest BCUT2D eigenvalue weighted by molar-refractivity contribution is 7.18. The van der Waals surface area contributed by atoms with Gasteiger partial charge in [0.1, 0.15) is 10.8 Å². The Morgan fingerprint density at radius 1 is 1.10 bits per heavy atom. The van der Waals surface area contributed by atoms with Gasteiger partial charge in [-0.15, -0.1) is 10.2 Å². The second-order valence-electron chi connectivity index (χ2n) is 7.72. The number of para-hydroxylation sites is 1. The van der Waals surface area contributed by atoms with E-state index in [0.717, 1.165) is 41.1 Å². The highest BCUT2D eigenvalue weighted by Gasteiger charge is 2.22. The Bertz CT molecular complexity index is 1020. The average molecular weight is 438 g/mol. The summed E-state index contributed by atoms with van der Waals surface area (Å²) < 4.78 is 5.42. The molecule has 1 heterocycles. The number of carbonyl (C=O) groups excluding carboxylic acids is 1. The summed E-state index contributed by atoms with van der Waals surface area (Å²) in [5.74, 6) is 0.737. The van der Waals surface area contributed by atoms with E-state index < -0.39 is 0 Å².